The van der Waals surface area contributed by atoms with Gasteiger partial charge < -0.3 is 30.6 Å². The summed E-state index contributed by atoms with van der Waals surface area (Å²) in [4.78, 5) is 0. The molecule has 0 amide bonds. The van der Waals surface area contributed by atoms with Crippen LogP contribution in [-0.2, 0) is 0 Å². The summed E-state index contributed by atoms with van der Waals surface area (Å²) in [6, 6.07) is 0. The molecule has 6 nitrogen and oxygen atoms in total. The topological polar surface area (TPSA) is 121 Å². The summed E-state index contributed by atoms with van der Waals surface area (Å²) in [5.74, 6) is 0. The average molecular weight is 224 g/mol. The van der Waals surface area contributed by atoms with Crippen molar-refractivity contribution in [2.75, 3.05) is 39.6 Å². The molecule has 15 heavy (non-hydrogen) atoms. The van der Waals surface area contributed by atoms with Crippen LogP contribution in [0.15, 0.2) is 0 Å². The van der Waals surface area contributed by atoms with Crippen molar-refractivity contribution in [1.82, 2.24) is 0 Å². The molecule has 0 aromatic carbocycles. The molecule has 0 aromatic heterocycles. The summed E-state index contributed by atoms with van der Waals surface area (Å²) < 4.78 is 0. The van der Waals surface area contributed by atoms with E-state index in [-0.39, 0.29) is 6.42 Å². The Morgan fingerprint density at radius 3 is 0.800 bits per heavy atom. The lowest BCUT2D eigenvalue weighted by molar-refractivity contribution is -0.0783. The average Bonchev–Trinajstić information content (AvgIpc) is 2.33. The summed E-state index contributed by atoms with van der Waals surface area (Å²) in [5.41, 5.74) is -2.40. The van der Waals surface area contributed by atoms with Crippen LogP contribution in [0.25, 0.3) is 0 Å². The van der Waals surface area contributed by atoms with Gasteiger partial charge in [0.25, 0.3) is 0 Å². The first kappa shape index (κ1) is 14.8. The van der Waals surface area contributed by atoms with Crippen molar-refractivity contribution in [3.8, 4) is 0 Å². The molecule has 0 bridgehead atoms. The van der Waals surface area contributed by atoms with Crippen molar-refractivity contribution >= 4 is 0 Å². The molecule has 0 aliphatic heterocycles. The molecule has 0 radical (unpaired) electrons. The minimum absolute atomic E-state index is 0.0625. The van der Waals surface area contributed by atoms with E-state index in [1.807, 2.05) is 0 Å². The Balaban J connectivity index is 4.74. The highest BCUT2D eigenvalue weighted by Crippen LogP contribution is 2.33. The van der Waals surface area contributed by atoms with E-state index in [1.165, 1.54) is 0 Å². The van der Waals surface area contributed by atoms with E-state index in [0.717, 1.165) is 0 Å². The molecule has 6 heteroatoms. The number of aliphatic hydroxyl groups is 6. The second-order valence-corrected chi connectivity index (χ2v) is 4.13. The van der Waals surface area contributed by atoms with E-state index in [9.17, 15) is 0 Å². The Labute approximate surface area is 88.4 Å². The van der Waals surface area contributed by atoms with Crippen LogP contribution in [0.3, 0.4) is 0 Å². The minimum Gasteiger partial charge on any atom is -0.396 e. The third-order valence-corrected chi connectivity index (χ3v) is 2.76. The monoisotopic (exact) mass is 224 g/mol. The molecule has 0 aliphatic rings. The van der Waals surface area contributed by atoms with Crippen LogP contribution < -0.4 is 0 Å². The molecule has 0 saturated heterocycles. The molecule has 0 saturated carbocycles. The van der Waals surface area contributed by atoms with Gasteiger partial charge in [-0.2, -0.15) is 0 Å². The van der Waals surface area contributed by atoms with Crippen LogP contribution >= 0.6 is 0 Å². The molecular formula is C9H20O6. The van der Waals surface area contributed by atoms with E-state index in [0.29, 0.717) is 0 Å². The Kier molecular flexibility index (Phi) is 6.26. The molecule has 0 fully saturated rings. The largest absolute Gasteiger partial charge is 0.396 e. The van der Waals surface area contributed by atoms with Crippen LogP contribution in [0.4, 0.5) is 0 Å². The van der Waals surface area contributed by atoms with E-state index in [4.69, 9.17) is 30.6 Å². The fraction of sp³-hybridized carbons (Fsp3) is 1.00. The number of hydrogen-bond donors (Lipinski definition) is 6. The fourth-order valence-corrected chi connectivity index (χ4v) is 1.43. The van der Waals surface area contributed by atoms with Crippen molar-refractivity contribution in [2.24, 2.45) is 10.8 Å². The van der Waals surface area contributed by atoms with Gasteiger partial charge in [0.05, 0.1) is 39.6 Å². The molecular weight excluding hydrogens is 204 g/mol. The number of aliphatic hydroxyl groups excluding tert-OH is 6. The van der Waals surface area contributed by atoms with Crippen LogP contribution in [0, 0.1) is 10.8 Å². The number of hydrogen-bond acceptors (Lipinski definition) is 6. The SMILES string of the molecule is OCC(CO)(CO)CC(CO)(CO)CO. The Hall–Kier alpha value is -0.240. The van der Waals surface area contributed by atoms with Gasteiger partial charge in [0.1, 0.15) is 0 Å². The van der Waals surface area contributed by atoms with Gasteiger partial charge >= 0.3 is 0 Å². The van der Waals surface area contributed by atoms with E-state index >= 15 is 0 Å². The normalized spacial score (nSPS) is 13.2. The van der Waals surface area contributed by atoms with Crippen molar-refractivity contribution < 1.29 is 30.6 Å². The predicted molar refractivity (Wildman–Crippen MR) is 52.0 cm³/mol. The zero-order chi connectivity index (χ0) is 11.9. The molecule has 0 aromatic rings. The highest BCUT2D eigenvalue weighted by molar-refractivity contribution is 4.88. The molecule has 0 aliphatic carbocycles. The summed E-state index contributed by atoms with van der Waals surface area (Å²) in [6.07, 6.45) is -0.0625. The van der Waals surface area contributed by atoms with E-state index in [2.05, 4.69) is 0 Å². The van der Waals surface area contributed by atoms with Crippen LogP contribution in [-0.4, -0.2) is 70.3 Å². The second-order valence-electron chi connectivity index (χ2n) is 4.13. The van der Waals surface area contributed by atoms with Crippen molar-refractivity contribution in [2.45, 2.75) is 6.42 Å². The van der Waals surface area contributed by atoms with Crippen LogP contribution in [0.5, 0.6) is 0 Å². The lowest BCUT2D eigenvalue weighted by Gasteiger charge is -2.37. The maximum Gasteiger partial charge on any atom is 0.0531 e. The van der Waals surface area contributed by atoms with Gasteiger partial charge in [-0.25, -0.2) is 0 Å². The summed E-state index contributed by atoms with van der Waals surface area (Å²) in [6.45, 7) is -2.91. The highest BCUT2D eigenvalue weighted by Gasteiger charge is 2.39. The lowest BCUT2D eigenvalue weighted by Crippen LogP contribution is -2.45. The van der Waals surface area contributed by atoms with Crippen LogP contribution in [0.1, 0.15) is 6.42 Å². The third-order valence-electron chi connectivity index (χ3n) is 2.76. The Morgan fingerprint density at radius 1 is 0.467 bits per heavy atom. The molecule has 0 rings (SSSR count). The molecule has 92 valence electrons. The summed E-state index contributed by atoms with van der Waals surface area (Å²) in [7, 11) is 0. The molecule has 6 N–H and O–H groups in total. The predicted octanol–water partition coefficient (Wildman–Crippen LogP) is -2.70. The van der Waals surface area contributed by atoms with Crippen molar-refractivity contribution in [3.05, 3.63) is 0 Å². The van der Waals surface area contributed by atoms with Crippen LogP contribution in [0.2, 0.25) is 0 Å². The number of rotatable bonds is 8. The quantitative estimate of drug-likeness (QED) is 0.267. The van der Waals surface area contributed by atoms with Gasteiger partial charge in [-0.05, 0) is 6.42 Å². The maximum atomic E-state index is 9.06. The zero-order valence-electron chi connectivity index (χ0n) is 8.63. The van der Waals surface area contributed by atoms with Gasteiger partial charge in [0, 0.05) is 10.8 Å². The van der Waals surface area contributed by atoms with E-state index < -0.39 is 50.5 Å². The van der Waals surface area contributed by atoms with Gasteiger partial charge in [0.2, 0.25) is 0 Å². The highest BCUT2D eigenvalue weighted by atomic mass is 16.3. The van der Waals surface area contributed by atoms with Gasteiger partial charge in [-0.15, -0.1) is 0 Å². The smallest absolute Gasteiger partial charge is 0.0531 e. The van der Waals surface area contributed by atoms with E-state index in [1.54, 1.807) is 0 Å². The maximum absolute atomic E-state index is 9.06. The first-order valence-corrected chi connectivity index (χ1v) is 4.73. The lowest BCUT2D eigenvalue weighted by atomic mass is 9.73. The van der Waals surface area contributed by atoms with Crippen molar-refractivity contribution in [3.63, 3.8) is 0 Å². The Morgan fingerprint density at radius 2 is 0.667 bits per heavy atom. The first-order valence-electron chi connectivity index (χ1n) is 4.73. The van der Waals surface area contributed by atoms with Gasteiger partial charge in [0.15, 0.2) is 0 Å². The minimum atomic E-state index is -1.20. The summed E-state index contributed by atoms with van der Waals surface area (Å²) >= 11 is 0. The first-order chi connectivity index (χ1) is 7.07. The molecule has 0 heterocycles. The van der Waals surface area contributed by atoms with Crippen molar-refractivity contribution in [1.29, 1.82) is 0 Å². The molecule has 0 atom stereocenters. The fourth-order valence-electron chi connectivity index (χ4n) is 1.43. The third kappa shape index (κ3) is 3.37. The standard InChI is InChI=1S/C9H20O6/c10-2-8(3-11,4-12)1-9(5-13,6-14)7-15/h10-15H,1-7H2. The molecule has 0 unspecified atom stereocenters. The van der Waals surface area contributed by atoms with Gasteiger partial charge in [-0.1, -0.05) is 0 Å². The van der Waals surface area contributed by atoms with Gasteiger partial charge in [-0.3, -0.25) is 0 Å². The zero-order valence-corrected chi connectivity index (χ0v) is 8.63. The summed E-state index contributed by atoms with van der Waals surface area (Å²) in [5, 5.41) is 54.4. The second kappa shape index (κ2) is 6.37. The molecule has 0 spiro atoms. The Bertz CT molecular complexity index is 129.